The van der Waals surface area contributed by atoms with Gasteiger partial charge in [0.1, 0.15) is 6.33 Å². The quantitative estimate of drug-likeness (QED) is 0.723. The second kappa shape index (κ2) is 8.02. The smallest absolute Gasteiger partial charge is 0.387 e. The molecule has 0 fully saturated rings. The number of nitrogens with one attached hydrogen (secondary N) is 2. The fraction of sp³-hybridized carbons (Fsp3) is 0.143. The van der Waals surface area contributed by atoms with Crippen molar-refractivity contribution in [1.29, 1.82) is 0 Å². The molecular formula is C14H15ClN8O2. The number of halogens is 1. The van der Waals surface area contributed by atoms with Crippen LogP contribution in [0.3, 0.4) is 0 Å². The zero-order valence-electron chi connectivity index (χ0n) is 13.4. The molecule has 11 heteroatoms. The number of carbonyl (C=O) groups excluding carboxylic acids is 1. The molecule has 0 saturated heterocycles. The van der Waals surface area contributed by atoms with E-state index in [4.69, 9.17) is 4.74 Å². The number of hydrogen-bond donors (Lipinski definition) is 2. The molecule has 0 aromatic carbocycles. The molecule has 25 heavy (non-hydrogen) atoms. The van der Waals surface area contributed by atoms with Gasteiger partial charge in [0.25, 0.3) is 5.88 Å². The number of anilines is 3. The third kappa shape index (κ3) is 4.85. The van der Waals surface area contributed by atoms with E-state index in [0.29, 0.717) is 17.2 Å². The normalized spacial score (nSPS) is 9.84. The molecule has 0 aliphatic heterocycles. The van der Waals surface area contributed by atoms with Gasteiger partial charge in [0.15, 0.2) is 11.6 Å². The van der Waals surface area contributed by atoms with Crippen LogP contribution in [-0.2, 0) is 7.05 Å². The molecule has 2 N–H and O–H groups in total. The minimum atomic E-state index is -0.721. The van der Waals surface area contributed by atoms with Gasteiger partial charge in [-0.15, -0.1) is 12.4 Å². The summed E-state index contributed by atoms with van der Waals surface area (Å²) in [5.41, 5.74) is 1.19. The number of amides is 1. The average Bonchev–Trinajstić information content (AvgIpc) is 2.96. The largest absolute Gasteiger partial charge is 0.419 e. The number of rotatable bonds is 4. The number of ether oxygens (including phenoxy) is 1. The molecule has 3 heterocycles. The summed E-state index contributed by atoms with van der Waals surface area (Å²) in [5.74, 6) is 0.674. The fourth-order valence-corrected chi connectivity index (χ4v) is 1.81. The maximum absolute atomic E-state index is 12.0. The third-order valence-corrected chi connectivity index (χ3v) is 2.82. The Bertz CT molecular complexity index is 855. The van der Waals surface area contributed by atoms with Crippen molar-refractivity contribution in [3.05, 3.63) is 42.9 Å². The summed E-state index contributed by atoms with van der Waals surface area (Å²) in [6.07, 6.45) is 7.06. The Kier molecular flexibility index (Phi) is 5.79. The summed E-state index contributed by atoms with van der Waals surface area (Å²) in [6, 6.07) is 1.64. The lowest BCUT2D eigenvalue weighted by Gasteiger charge is -2.10. The monoisotopic (exact) mass is 362 g/mol. The first-order valence-corrected chi connectivity index (χ1v) is 6.94. The molecule has 10 nitrogen and oxygen atoms in total. The van der Waals surface area contributed by atoms with Gasteiger partial charge >= 0.3 is 6.09 Å². The highest BCUT2D eigenvalue weighted by Crippen LogP contribution is 2.23. The first-order valence-electron chi connectivity index (χ1n) is 6.94. The average molecular weight is 363 g/mol. The van der Waals surface area contributed by atoms with E-state index in [1.54, 1.807) is 49.5 Å². The van der Waals surface area contributed by atoms with E-state index in [-0.39, 0.29) is 24.1 Å². The van der Waals surface area contributed by atoms with Crippen LogP contribution in [0, 0.1) is 6.92 Å². The molecule has 3 aromatic rings. The van der Waals surface area contributed by atoms with Crippen molar-refractivity contribution < 1.29 is 9.53 Å². The molecule has 0 atom stereocenters. The molecule has 3 aromatic heterocycles. The Morgan fingerprint density at radius 1 is 1.24 bits per heavy atom. The molecule has 0 unspecified atom stereocenters. The molecule has 0 aliphatic carbocycles. The van der Waals surface area contributed by atoms with Crippen molar-refractivity contribution in [1.82, 2.24) is 29.7 Å². The summed E-state index contributed by atoms with van der Waals surface area (Å²) in [5, 5.41) is 9.49. The maximum Gasteiger partial charge on any atom is 0.419 e. The van der Waals surface area contributed by atoms with Crippen LogP contribution in [0.15, 0.2) is 37.2 Å². The van der Waals surface area contributed by atoms with E-state index < -0.39 is 6.09 Å². The van der Waals surface area contributed by atoms with Gasteiger partial charge < -0.3 is 10.1 Å². The highest BCUT2D eigenvalue weighted by Gasteiger charge is 2.14. The van der Waals surface area contributed by atoms with E-state index in [1.165, 1.54) is 6.33 Å². The van der Waals surface area contributed by atoms with Crippen molar-refractivity contribution >= 4 is 35.8 Å². The summed E-state index contributed by atoms with van der Waals surface area (Å²) in [4.78, 5) is 28.2. The highest BCUT2D eigenvalue weighted by molar-refractivity contribution is 5.86. The van der Waals surface area contributed by atoms with E-state index in [1.807, 2.05) is 0 Å². The minimum Gasteiger partial charge on any atom is -0.387 e. The molecule has 1 amide bonds. The Balaban J connectivity index is 0.00000225. The molecule has 0 saturated carbocycles. The first-order chi connectivity index (χ1) is 11.6. The van der Waals surface area contributed by atoms with Gasteiger partial charge in [-0.3, -0.25) is 10.00 Å². The molecule has 3 rings (SSSR count). The standard InChI is InChI=1S/C14H14N8O2.ClH/c1-9-5-17-12(19-10-6-15-8-16-7-10)13(18-9)24-14(23)20-11-3-4-22(2)21-11;/h3-8H,1-2H3,(H,17,19)(H,20,21,23);1H. The number of aryl methyl sites for hydroxylation is 2. The summed E-state index contributed by atoms with van der Waals surface area (Å²) in [6.45, 7) is 1.74. The van der Waals surface area contributed by atoms with Crippen molar-refractivity contribution in [2.45, 2.75) is 6.92 Å². The van der Waals surface area contributed by atoms with E-state index >= 15 is 0 Å². The van der Waals surface area contributed by atoms with Crippen LogP contribution in [0.1, 0.15) is 5.69 Å². The van der Waals surface area contributed by atoms with E-state index in [9.17, 15) is 4.79 Å². The third-order valence-electron chi connectivity index (χ3n) is 2.82. The number of aromatic nitrogens is 6. The van der Waals surface area contributed by atoms with Gasteiger partial charge in [0, 0.05) is 19.3 Å². The summed E-state index contributed by atoms with van der Waals surface area (Å²) in [7, 11) is 1.74. The van der Waals surface area contributed by atoms with Gasteiger partial charge in [-0.2, -0.15) is 5.10 Å². The van der Waals surface area contributed by atoms with E-state index in [2.05, 4.69) is 35.7 Å². The minimum absolute atomic E-state index is 0. The Hall–Kier alpha value is -3.27. The molecule has 0 radical (unpaired) electrons. The van der Waals surface area contributed by atoms with Crippen molar-refractivity contribution in [3.63, 3.8) is 0 Å². The molecular weight excluding hydrogens is 348 g/mol. The van der Waals surface area contributed by atoms with Gasteiger partial charge in [0.05, 0.1) is 30.0 Å². The van der Waals surface area contributed by atoms with Gasteiger partial charge in [-0.05, 0) is 6.92 Å². The van der Waals surface area contributed by atoms with Crippen LogP contribution in [0.25, 0.3) is 0 Å². The number of hydrogen-bond acceptors (Lipinski definition) is 8. The van der Waals surface area contributed by atoms with Crippen molar-refractivity contribution in [2.75, 3.05) is 10.6 Å². The van der Waals surface area contributed by atoms with Gasteiger partial charge in [-0.25, -0.2) is 24.7 Å². The highest BCUT2D eigenvalue weighted by atomic mass is 35.5. The SMILES string of the molecule is Cc1cnc(Nc2cncnc2)c(OC(=O)Nc2ccn(C)n2)n1.Cl. The zero-order chi connectivity index (χ0) is 16.9. The van der Waals surface area contributed by atoms with Crippen LogP contribution in [0.2, 0.25) is 0 Å². The predicted octanol–water partition coefficient (Wildman–Crippen LogP) is 2.08. The second-order valence-electron chi connectivity index (χ2n) is 4.81. The van der Waals surface area contributed by atoms with Gasteiger partial charge in [-0.1, -0.05) is 0 Å². The second-order valence-corrected chi connectivity index (χ2v) is 4.81. The van der Waals surface area contributed by atoms with Crippen LogP contribution >= 0.6 is 12.4 Å². The summed E-state index contributed by atoms with van der Waals surface area (Å²) < 4.78 is 6.80. The fourth-order valence-electron chi connectivity index (χ4n) is 1.81. The zero-order valence-corrected chi connectivity index (χ0v) is 14.2. The van der Waals surface area contributed by atoms with E-state index in [0.717, 1.165) is 0 Å². The molecule has 130 valence electrons. The van der Waals surface area contributed by atoms with Crippen LogP contribution < -0.4 is 15.4 Å². The van der Waals surface area contributed by atoms with Crippen LogP contribution in [-0.4, -0.2) is 35.8 Å². The Morgan fingerprint density at radius 2 is 2.00 bits per heavy atom. The predicted molar refractivity (Wildman–Crippen MR) is 92.2 cm³/mol. The van der Waals surface area contributed by atoms with Crippen LogP contribution in [0.5, 0.6) is 5.88 Å². The topological polar surface area (TPSA) is 120 Å². The first kappa shape index (κ1) is 18.1. The lowest BCUT2D eigenvalue weighted by atomic mass is 10.4. The summed E-state index contributed by atoms with van der Waals surface area (Å²) >= 11 is 0. The molecule has 0 spiro atoms. The molecule has 0 aliphatic rings. The Morgan fingerprint density at radius 3 is 2.68 bits per heavy atom. The Labute approximate surface area is 149 Å². The number of nitrogens with zero attached hydrogens (tertiary/aromatic N) is 6. The maximum atomic E-state index is 12.0. The van der Waals surface area contributed by atoms with Gasteiger partial charge in [0.2, 0.25) is 0 Å². The lowest BCUT2D eigenvalue weighted by Crippen LogP contribution is -2.19. The molecule has 0 bridgehead atoms. The van der Waals surface area contributed by atoms with Crippen molar-refractivity contribution in [2.24, 2.45) is 7.05 Å². The lowest BCUT2D eigenvalue weighted by molar-refractivity contribution is 0.213. The number of carbonyl (C=O) groups is 1. The van der Waals surface area contributed by atoms with Crippen LogP contribution in [0.4, 0.5) is 22.1 Å². The van der Waals surface area contributed by atoms with Crippen molar-refractivity contribution in [3.8, 4) is 5.88 Å².